The number of carbonyl (C=O) groups excluding carboxylic acids is 4. The zero-order valence-corrected chi connectivity index (χ0v) is 17.1. The SMILES string of the molecule is C=CC(=O)OCC(C)(C)COC(=O)C=C.C=CC(=O)OCCCCOC(=O)C=C. The van der Waals surface area contributed by atoms with Crippen molar-refractivity contribution in [2.45, 2.75) is 26.7 Å². The number of ether oxygens (including phenoxy) is 4. The van der Waals surface area contributed by atoms with E-state index in [9.17, 15) is 19.2 Å². The minimum absolute atomic E-state index is 0.169. The lowest BCUT2D eigenvalue weighted by atomic mass is 9.96. The van der Waals surface area contributed by atoms with Gasteiger partial charge in [0.05, 0.1) is 26.4 Å². The van der Waals surface area contributed by atoms with Gasteiger partial charge in [-0.2, -0.15) is 0 Å². The van der Waals surface area contributed by atoms with Crippen LogP contribution < -0.4 is 0 Å². The molecule has 0 amide bonds. The van der Waals surface area contributed by atoms with E-state index in [2.05, 4.69) is 26.3 Å². The second-order valence-corrected chi connectivity index (χ2v) is 6.24. The molecule has 0 radical (unpaired) electrons. The second kappa shape index (κ2) is 17.0. The molecule has 0 fully saturated rings. The summed E-state index contributed by atoms with van der Waals surface area (Å²) in [4.78, 5) is 42.7. The quantitative estimate of drug-likeness (QED) is 0.197. The molecular formula is C21H30O8. The molecule has 0 rings (SSSR count). The van der Waals surface area contributed by atoms with Crippen LogP contribution in [0.4, 0.5) is 0 Å². The van der Waals surface area contributed by atoms with Gasteiger partial charge in [0.2, 0.25) is 0 Å². The second-order valence-electron chi connectivity index (χ2n) is 6.24. The molecule has 29 heavy (non-hydrogen) atoms. The molecule has 0 atom stereocenters. The number of rotatable bonds is 13. The molecular weight excluding hydrogens is 380 g/mol. The lowest BCUT2D eigenvalue weighted by Gasteiger charge is -2.22. The van der Waals surface area contributed by atoms with Crippen LogP contribution in [-0.2, 0) is 38.1 Å². The summed E-state index contributed by atoms with van der Waals surface area (Å²) in [7, 11) is 0. The summed E-state index contributed by atoms with van der Waals surface area (Å²) in [6.07, 6.45) is 5.71. The number of carbonyl (C=O) groups is 4. The third-order valence-corrected chi connectivity index (χ3v) is 2.90. The highest BCUT2D eigenvalue weighted by atomic mass is 16.6. The normalized spacial score (nSPS) is 9.59. The molecule has 0 unspecified atom stereocenters. The molecule has 0 aromatic rings. The van der Waals surface area contributed by atoms with E-state index in [1.165, 1.54) is 0 Å². The van der Waals surface area contributed by atoms with Gasteiger partial charge in [0, 0.05) is 29.7 Å². The maximum atomic E-state index is 10.8. The zero-order chi connectivity index (χ0) is 22.7. The maximum absolute atomic E-state index is 10.8. The number of unbranched alkanes of at least 4 members (excludes halogenated alkanes) is 1. The molecule has 162 valence electrons. The maximum Gasteiger partial charge on any atom is 0.330 e. The molecule has 0 aliphatic heterocycles. The highest BCUT2D eigenvalue weighted by Gasteiger charge is 2.21. The smallest absolute Gasteiger partial charge is 0.330 e. The van der Waals surface area contributed by atoms with Crippen LogP contribution in [0.1, 0.15) is 26.7 Å². The summed E-state index contributed by atoms with van der Waals surface area (Å²) < 4.78 is 19.1. The molecule has 0 aliphatic carbocycles. The van der Waals surface area contributed by atoms with Crippen LogP contribution >= 0.6 is 0 Å². The Morgan fingerprint density at radius 3 is 1.17 bits per heavy atom. The van der Waals surface area contributed by atoms with Gasteiger partial charge in [-0.05, 0) is 12.8 Å². The van der Waals surface area contributed by atoms with Crippen LogP contribution in [0.3, 0.4) is 0 Å². The highest BCUT2D eigenvalue weighted by molar-refractivity contribution is 5.82. The Morgan fingerprint density at radius 1 is 0.621 bits per heavy atom. The van der Waals surface area contributed by atoms with Crippen LogP contribution in [0.2, 0.25) is 0 Å². The first-order valence-electron chi connectivity index (χ1n) is 8.78. The van der Waals surface area contributed by atoms with Crippen molar-refractivity contribution in [1.82, 2.24) is 0 Å². The molecule has 0 bridgehead atoms. The molecule has 0 saturated carbocycles. The zero-order valence-electron chi connectivity index (χ0n) is 17.1. The Morgan fingerprint density at radius 2 is 0.897 bits per heavy atom. The minimum atomic E-state index is -0.488. The van der Waals surface area contributed by atoms with Gasteiger partial charge in [-0.15, -0.1) is 0 Å². The van der Waals surface area contributed by atoms with Gasteiger partial charge in [0.15, 0.2) is 0 Å². The van der Waals surface area contributed by atoms with Crippen molar-refractivity contribution in [3.05, 3.63) is 50.6 Å². The summed E-state index contributed by atoms with van der Waals surface area (Å²) in [5, 5.41) is 0. The average molecular weight is 410 g/mol. The Kier molecular flexibility index (Phi) is 16.4. The Bertz CT molecular complexity index is 539. The first kappa shape index (κ1) is 28.1. The lowest BCUT2D eigenvalue weighted by molar-refractivity contribution is -0.146. The fourth-order valence-corrected chi connectivity index (χ4v) is 1.36. The summed E-state index contributed by atoms with van der Waals surface area (Å²) >= 11 is 0. The van der Waals surface area contributed by atoms with E-state index in [-0.39, 0.29) is 13.2 Å². The van der Waals surface area contributed by atoms with Crippen molar-refractivity contribution in [2.24, 2.45) is 5.41 Å². The van der Waals surface area contributed by atoms with Crippen LogP contribution in [0.15, 0.2) is 50.6 Å². The van der Waals surface area contributed by atoms with E-state index in [0.29, 0.717) is 26.1 Å². The fourth-order valence-electron chi connectivity index (χ4n) is 1.36. The van der Waals surface area contributed by atoms with Crippen LogP contribution in [-0.4, -0.2) is 50.3 Å². The van der Waals surface area contributed by atoms with E-state index >= 15 is 0 Å². The number of hydrogen-bond donors (Lipinski definition) is 0. The molecule has 0 heterocycles. The van der Waals surface area contributed by atoms with Gasteiger partial charge < -0.3 is 18.9 Å². The fraction of sp³-hybridized carbons (Fsp3) is 0.429. The predicted octanol–water partition coefficient (Wildman–Crippen LogP) is 2.70. The van der Waals surface area contributed by atoms with Gasteiger partial charge in [-0.1, -0.05) is 40.2 Å². The van der Waals surface area contributed by atoms with Crippen LogP contribution in [0.5, 0.6) is 0 Å². The van der Waals surface area contributed by atoms with Gasteiger partial charge in [-0.3, -0.25) is 0 Å². The van der Waals surface area contributed by atoms with Crippen LogP contribution in [0.25, 0.3) is 0 Å². The molecule has 8 nitrogen and oxygen atoms in total. The van der Waals surface area contributed by atoms with E-state index in [0.717, 1.165) is 24.3 Å². The number of hydrogen-bond acceptors (Lipinski definition) is 8. The summed E-state index contributed by atoms with van der Waals surface area (Å²) in [5.74, 6) is -1.85. The summed E-state index contributed by atoms with van der Waals surface area (Å²) in [6, 6.07) is 0. The predicted molar refractivity (Wildman–Crippen MR) is 108 cm³/mol. The molecule has 0 N–H and O–H groups in total. The van der Waals surface area contributed by atoms with Crippen molar-refractivity contribution in [3.8, 4) is 0 Å². The molecule has 0 aromatic carbocycles. The van der Waals surface area contributed by atoms with Gasteiger partial charge in [0.25, 0.3) is 0 Å². The largest absolute Gasteiger partial charge is 0.463 e. The number of esters is 4. The molecule has 0 aliphatic rings. The lowest BCUT2D eigenvalue weighted by Crippen LogP contribution is -2.27. The molecule has 0 saturated heterocycles. The van der Waals surface area contributed by atoms with Crippen molar-refractivity contribution in [1.29, 1.82) is 0 Å². The van der Waals surface area contributed by atoms with Crippen molar-refractivity contribution >= 4 is 23.9 Å². The first-order valence-corrected chi connectivity index (χ1v) is 8.78. The Hall–Kier alpha value is -3.16. The Labute approximate surface area is 171 Å². The topological polar surface area (TPSA) is 105 Å². The highest BCUT2D eigenvalue weighted by Crippen LogP contribution is 2.16. The van der Waals surface area contributed by atoms with Gasteiger partial charge in [0.1, 0.15) is 0 Å². The van der Waals surface area contributed by atoms with Crippen molar-refractivity contribution < 1.29 is 38.1 Å². The molecule has 0 aromatic heterocycles. The van der Waals surface area contributed by atoms with E-state index in [4.69, 9.17) is 18.9 Å². The van der Waals surface area contributed by atoms with Gasteiger partial charge in [-0.25, -0.2) is 19.2 Å². The molecule has 8 heteroatoms. The molecule has 0 spiro atoms. The van der Waals surface area contributed by atoms with Gasteiger partial charge >= 0.3 is 23.9 Å². The third-order valence-electron chi connectivity index (χ3n) is 2.90. The Balaban J connectivity index is 0. The third kappa shape index (κ3) is 19.4. The van der Waals surface area contributed by atoms with Crippen molar-refractivity contribution in [2.75, 3.05) is 26.4 Å². The average Bonchev–Trinajstić information content (AvgIpc) is 2.72. The summed E-state index contributed by atoms with van der Waals surface area (Å²) in [6.45, 7) is 17.7. The van der Waals surface area contributed by atoms with E-state index in [1.807, 2.05) is 13.8 Å². The first-order chi connectivity index (χ1) is 13.6. The van der Waals surface area contributed by atoms with Crippen molar-refractivity contribution in [3.63, 3.8) is 0 Å². The summed E-state index contributed by atoms with van der Waals surface area (Å²) in [5.41, 5.74) is -0.419. The minimum Gasteiger partial charge on any atom is -0.463 e. The van der Waals surface area contributed by atoms with Crippen LogP contribution in [0, 0.1) is 5.41 Å². The standard InChI is InChI=1S/C11H16O4.C10H14O4/c1-5-9(12)14-7-11(3,4)8-15-10(13)6-2;1-3-9(11)13-7-5-6-8-14-10(12)4-2/h5-6H,1-2,7-8H2,3-4H3;3-4H,1-2,5-8H2. The monoisotopic (exact) mass is 410 g/mol. The van der Waals surface area contributed by atoms with E-state index in [1.54, 1.807) is 0 Å². The van der Waals surface area contributed by atoms with E-state index < -0.39 is 29.3 Å².